The lowest BCUT2D eigenvalue weighted by atomic mass is 9.98. The van der Waals surface area contributed by atoms with Crippen molar-refractivity contribution >= 4 is 16.7 Å². The highest BCUT2D eigenvalue weighted by molar-refractivity contribution is 5.94. The normalized spacial score (nSPS) is 12.0. The second-order valence-corrected chi connectivity index (χ2v) is 8.22. The SMILES string of the molecule is Cc1c(C(=O)NC(Cc2cccc(F)c2)c2cccc(F)c2)nnn1-c1cccc2cnccc12. The zero-order valence-corrected chi connectivity index (χ0v) is 18.8. The van der Waals surface area contributed by atoms with Crippen molar-refractivity contribution in [1.82, 2.24) is 25.3 Å². The van der Waals surface area contributed by atoms with Gasteiger partial charge in [-0.3, -0.25) is 9.78 Å². The van der Waals surface area contributed by atoms with E-state index in [2.05, 4.69) is 20.6 Å². The maximum Gasteiger partial charge on any atom is 0.274 e. The number of pyridine rings is 1. The first-order valence-electron chi connectivity index (χ1n) is 11.1. The summed E-state index contributed by atoms with van der Waals surface area (Å²) in [5, 5.41) is 13.2. The Balaban J connectivity index is 1.47. The summed E-state index contributed by atoms with van der Waals surface area (Å²) in [7, 11) is 0. The fraction of sp³-hybridized carbons (Fsp3) is 0.111. The Morgan fingerprint density at radius 1 is 1.00 bits per heavy atom. The maximum absolute atomic E-state index is 14.0. The molecule has 1 N–H and O–H groups in total. The lowest BCUT2D eigenvalue weighted by Crippen LogP contribution is -2.31. The second kappa shape index (κ2) is 9.42. The van der Waals surface area contributed by atoms with Crippen molar-refractivity contribution in [1.29, 1.82) is 0 Å². The number of aromatic nitrogens is 4. The van der Waals surface area contributed by atoms with Gasteiger partial charge < -0.3 is 5.32 Å². The molecule has 0 radical (unpaired) electrons. The molecule has 5 rings (SSSR count). The summed E-state index contributed by atoms with van der Waals surface area (Å²) in [4.78, 5) is 17.4. The molecule has 0 aliphatic heterocycles. The van der Waals surface area contributed by atoms with E-state index in [1.165, 1.54) is 24.3 Å². The first-order chi connectivity index (χ1) is 17.0. The molecule has 0 aliphatic rings. The number of fused-ring (bicyclic) bond motifs is 1. The fourth-order valence-corrected chi connectivity index (χ4v) is 4.16. The van der Waals surface area contributed by atoms with E-state index in [9.17, 15) is 13.6 Å². The first kappa shape index (κ1) is 22.3. The van der Waals surface area contributed by atoms with Crippen molar-refractivity contribution < 1.29 is 13.6 Å². The van der Waals surface area contributed by atoms with Gasteiger partial charge in [-0.2, -0.15) is 0 Å². The molecule has 1 amide bonds. The van der Waals surface area contributed by atoms with Crippen LogP contribution < -0.4 is 5.32 Å². The molecule has 1 unspecified atom stereocenters. The molecular formula is C27H21F2N5O. The summed E-state index contributed by atoms with van der Waals surface area (Å²) < 4.78 is 29.4. The van der Waals surface area contributed by atoms with Gasteiger partial charge in [-0.15, -0.1) is 5.10 Å². The molecule has 0 spiro atoms. The second-order valence-electron chi connectivity index (χ2n) is 8.22. The molecule has 5 aromatic rings. The van der Waals surface area contributed by atoms with Crippen LogP contribution in [0.15, 0.2) is 85.2 Å². The van der Waals surface area contributed by atoms with Crippen molar-refractivity contribution in [3.8, 4) is 5.69 Å². The predicted molar refractivity (Wildman–Crippen MR) is 128 cm³/mol. The van der Waals surface area contributed by atoms with E-state index in [1.807, 2.05) is 24.3 Å². The van der Waals surface area contributed by atoms with Gasteiger partial charge in [0.1, 0.15) is 11.6 Å². The van der Waals surface area contributed by atoms with Crippen LogP contribution >= 0.6 is 0 Å². The first-order valence-corrected chi connectivity index (χ1v) is 11.1. The van der Waals surface area contributed by atoms with E-state index >= 15 is 0 Å². The van der Waals surface area contributed by atoms with E-state index in [4.69, 9.17) is 0 Å². The Morgan fingerprint density at radius 2 is 1.77 bits per heavy atom. The van der Waals surface area contributed by atoms with Crippen LogP contribution in [0.1, 0.15) is 33.4 Å². The maximum atomic E-state index is 14.0. The van der Waals surface area contributed by atoms with Crippen LogP contribution in [0.25, 0.3) is 16.5 Å². The molecule has 0 aliphatic carbocycles. The number of hydrogen-bond acceptors (Lipinski definition) is 4. The summed E-state index contributed by atoms with van der Waals surface area (Å²) >= 11 is 0. The third-order valence-corrected chi connectivity index (χ3v) is 5.88. The monoisotopic (exact) mass is 469 g/mol. The summed E-state index contributed by atoms with van der Waals surface area (Å²) in [6.07, 6.45) is 3.73. The van der Waals surface area contributed by atoms with Gasteiger partial charge in [0.15, 0.2) is 5.69 Å². The zero-order valence-electron chi connectivity index (χ0n) is 18.8. The standard InChI is InChI=1S/C27H21F2N5O/c1-17-26(32-33-34(17)25-10-4-7-20-16-30-12-11-23(20)25)27(35)31-24(19-6-3-9-22(29)15-19)14-18-5-2-8-21(28)13-18/h2-13,15-16,24H,14H2,1H3,(H,31,35). The van der Waals surface area contributed by atoms with Crippen LogP contribution in [0.2, 0.25) is 0 Å². The van der Waals surface area contributed by atoms with Gasteiger partial charge in [-0.1, -0.05) is 41.6 Å². The van der Waals surface area contributed by atoms with Gasteiger partial charge in [-0.25, -0.2) is 13.5 Å². The quantitative estimate of drug-likeness (QED) is 0.375. The van der Waals surface area contributed by atoms with Crippen LogP contribution in [0.5, 0.6) is 0 Å². The molecule has 0 saturated heterocycles. The molecule has 3 aromatic carbocycles. The molecule has 2 heterocycles. The van der Waals surface area contributed by atoms with Crippen molar-refractivity contribution in [2.45, 2.75) is 19.4 Å². The number of benzene rings is 3. The Bertz CT molecular complexity index is 1530. The van der Waals surface area contributed by atoms with E-state index in [1.54, 1.807) is 48.3 Å². The van der Waals surface area contributed by atoms with E-state index in [0.717, 1.165) is 16.5 Å². The minimum atomic E-state index is -0.604. The number of carbonyl (C=O) groups is 1. The molecular weight excluding hydrogens is 448 g/mol. The van der Waals surface area contributed by atoms with Crippen LogP contribution in [-0.4, -0.2) is 25.9 Å². The van der Waals surface area contributed by atoms with Crippen LogP contribution in [0.4, 0.5) is 8.78 Å². The van der Waals surface area contributed by atoms with Crippen molar-refractivity contribution in [2.24, 2.45) is 0 Å². The van der Waals surface area contributed by atoms with Crippen molar-refractivity contribution in [3.63, 3.8) is 0 Å². The minimum absolute atomic E-state index is 0.150. The third kappa shape index (κ3) is 4.63. The molecule has 6 nitrogen and oxygen atoms in total. The number of carbonyl (C=O) groups excluding carboxylic acids is 1. The summed E-state index contributed by atoms with van der Waals surface area (Å²) in [6.45, 7) is 1.76. The van der Waals surface area contributed by atoms with Gasteiger partial charge in [-0.05, 0) is 60.9 Å². The molecule has 0 fully saturated rings. The van der Waals surface area contributed by atoms with Crippen LogP contribution in [0, 0.1) is 18.6 Å². The smallest absolute Gasteiger partial charge is 0.274 e. The van der Waals surface area contributed by atoms with Gasteiger partial charge in [0.2, 0.25) is 0 Å². The van der Waals surface area contributed by atoms with Gasteiger partial charge in [0.05, 0.1) is 17.4 Å². The highest BCUT2D eigenvalue weighted by Gasteiger charge is 2.23. The fourth-order valence-electron chi connectivity index (χ4n) is 4.16. The van der Waals surface area contributed by atoms with Crippen molar-refractivity contribution in [3.05, 3.63) is 119 Å². The summed E-state index contributed by atoms with van der Waals surface area (Å²) in [5.74, 6) is -1.26. The molecule has 1 atom stereocenters. The van der Waals surface area contributed by atoms with E-state index in [-0.39, 0.29) is 17.9 Å². The molecule has 8 heteroatoms. The lowest BCUT2D eigenvalue weighted by molar-refractivity contribution is 0.0930. The van der Waals surface area contributed by atoms with Gasteiger partial charge in [0, 0.05) is 23.2 Å². The molecule has 0 bridgehead atoms. The molecule has 35 heavy (non-hydrogen) atoms. The average molecular weight is 469 g/mol. The molecule has 0 saturated carbocycles. The van der Waals surface area contributed by atoms with E-state index < -0.39 is 17.8 Å². The number of halogens is 2. The number of rotatable bonds is 6. The highest BCUT2D eigenvalue weighted by atomic mass is 19.1. The molecule has 174 valence electrons. The van der Waals surface area contributed by atoms with Crippen LogP contribution in [-0.2, 0) is 6.42 Å². The highest BCUT2D eigenvalue weighted by Crippen LogP contribution is 2.24. The zero-order chi connectivity index (χ0) is 24.4. The Labute approximate surface area is 200 Å². The summed E-state index contributed by atoms with van der Waals surface area (Å²) in [6, 6.07) is 19.1. The lowest BCUT2D eigenvalue weighted by Gasteiger charge is -2.19. The molecule has 2 aromatic heterocycles. The minimum Gasteiger partial charge on any atom is -0.343 e. The number of hydrogen-bond donors (Lipinski definition) is 1. The number of amides is 1. The van der Waals surface area contributed by atoms with Gasteiger partial charge >= 0.3 is 0 Å². The number of nitrogens with one attached hydrogen (secondary N) is 1. The Hall–Kier alpha value is -4.46. The third-order valence-electron chi connectivity index (χ3n) is 5.88. The largest absolute Gasteiger partial charge is 0.343 e. The summed E-state index contributed by atoms with van der Waals surface area (Å²) in [5.41, 5.74) is 2.71. The van der Waals surface area contributed by atoms with Crippen LogP contribution in [0.3, 0.4) is 0 Å². The van der Waals surface area contributed by atoms with Gasteiger partial charge in [0.25, 0.3) is 5.91 Å². The predicted octanol–water partition coefficient (Wildman–Crippen LogP) is 5.12. The average Bonchev–Trinajstić information content (AvgIpc) is 3.24. The Kier molecular flexibility index (Phi) is 6.01. The van der Waals surface area contributed by atoms with E-state index in [0.29, 0.717) is 16.8 Å². The number of nitrogens with zero attached hydrogens (tertiary/aromatic N) is 4. The van der Waals surface area contributed by atoms with Crippen molar-refractivity contribution in [2.75, 3.05) is 0 Å². The Morgan fingerprint density at radius 3 is 2.57 bits per heavy atom. The topological polar surface area (TPSA) is 72.7 Å².